The molecule has 0 saturated carbocycles. The van der Waals surface area contributed by atoms with E-state index in [4.69, 9.17) is 5.10 Å². The van der Waals surface area contributed by atoms with Crippen LogP contribution in [0.3, 0.4) is 0 Å². The third kappa shape index (κ3) is 6.58. The number of aromatic nitrogens is 5. The minimum absolute atomic E-state index is 0.0692. The number of nitrogens with one attached hydrogen (secondary N) is 1. The van der Waals surface area contributed by atoms with Crippen molar-refractivity contribution in [3.8, 4) is 33.8 Å². The van der Waals surface area contributed by atoms with Gasteiger partial charge in [0.25, 0.3) is 0 Å². The Morgan fingerprint density at radius 2 is 1.48 bits per heavy atom. The van der Waals surface area contributed by atoms with Crippen LogP contribution in [-0.4, -0.2) is 56.7 Å². The zero-order valence-electron chi connectivity index (χ0n) is 23.4. The minimum Gasteiger partial charge on any atom is -0.359 e. The second-order valence-corrected chi connectivity index (χ2v) is 10.2. The van der Waals surface area contributed by atoms with E-state index < -0.39 is 11.7 Å². The van der Waals surface area contributed by atoms with Crippen LogP contribution in [0, 0.1) is 0 Å². The number of benzene rings is 3. The maximum Gasteiger partial charge on any atom is 0.416 e. The fourth-order valence-electron chi connectivity index (χ4n) is 4.58. The quantitative estimate of drug-likeness (QED) is 0.250. The van der Waals surface area contributed by atoms with Crippen LogP contribution in [0.25, 0.3) is 33.8 Å². The van der Waals surface area contributed by atoms with Crippen LogP contribution in [0.2, 0.25) is 0 Å². The van der Waals surface area contributed by atoms with Crippen molar-refractivity contribution in [1.82, 2.24) is 35.0 Å². The number of amides is 1. The first kappa shape index (κ1) is 28.7. The number of hydrogen-bond acceptors (Lipinski definition) is 5. The fourth-order valence-corrected chi connectivity index (χ4v) is 4.58. The Hall–Kier alpha value is -4.77. The van der Waals surface area contributed by atoms with Gasteiger partial charge in [0.2, 0.25) is 5.91 Å². The Bertz CT molecular complexity index is 1650. The number of halogens is 3. The van der Waals surface area contributed by atoms with E-state index in [1.165, 1.54) is 12.1 Å². The molecule has 0 spiro atoms. The highest BCUT2D eigenvalue weighted by atomic mass is 19.4. The van der Waals surface area contributed by atoms with Crippen molar-refractivity contribution in [1.29, 1.82) is 0 Å². The molecule has 0 aliphatic carbocycles. The first-order valence-corrected chi connectivity index (χ1v) is 13.3. The molecular formula is C31H30F3N7O. The van der Waals surface area contributed by atoms with Gasteiger partial charge in [0.05, 0.1) is 34.5 Å². The van der Waals surface area contributed by atoms with Gasteiger partial charge in [-0.3, -0.25) is 4.79 Å². The second kappa shape index (κ2) is 12.0. The van der Waals surface area contributed by atoms with Gasteiger partial charge >= 0.3 is 6.18 Å². The average Bonchev–Trinajstić information content (AvgIpc) is 3.63. The summed E-state index contributed by atoms with van der Waals surface area (Å²) in [4.78, 5) is 14.0. The number of alkyl halides is 3. The summed E-state index contributed by atoms with van der Waals surface area (Å²) < 4.78 is 42.4. The zero-order chi connectivity index (χ0) is 29.9. The van der Waals surface area contributed by atoms with Crippen molar-refractivity contribution >= 4 is 5.91 Å². The van der Waals surface area contributed by atoms with E-state index in [1.54, 1.807) is 11.7 Å². The molecule has 216 valence electrons. The summed E-state index contributed by atoms with van der Waals surface area (Å²) in [6.07, 6.45) is -1.69. The molecular weight excluding hydrogens is 543 g/mol. The first-order chi connectivity index (χ1) is 20.1. The van der Waals surface area contributed by atoms with E-state index in [9.17, 15) is 18.0 Å². The van der Waals surface area contributed by atoms with Gasteiger partial charge in [0, 0.05) is 31.3 Å². The molecule has 11 heteroatoms. The van der Waals surface area contributed by atoms with Crippen LogP contribution >= 0.6 is 0 Å². The van der Waals surface area contributed by atoms with Crippen LogP contribution in [0.5, 0.6) is 0 Å². The predicted octanol–water partition coefficient (Wildman–Crippen LogP) is 5.55. The lowest BCUT2D eigenvalue weighted by molar-refractivity contribution is -0.137. The van der Waals surface area contributed by atoms with Crippen LogP contribution < -0.4 is 5.32 Å². The van der Waals surface area contributed by atoms with E-state index in [0.717, 1.165) is 51.7 Å². The van der Waals surface area contributed by atoms with Crippen LogP contribution in [0.15, 0.2) is 85.1 Å². The van der Waals surface area contributed by atoms with E-state index in [0.29, 0.717) is 24.9 Å². The van der Waals surface area contributed by atoms with Crippen molar-refractivity contribution in [2.45, 2.75) is 25.6 Å². The lowest BCUT2D eigenvalue weighted by Crippen LogP contribution is -2.18. The van der Waals surface area contributed by atoms with E-state index in [2.05, 4.69) is 15.6 Å². The highest BCUT2D eigenvalue weighted by Crippen LogP contribution is 2.32. The number of carbonyl (C=O) groups excluding carboxylic acids is 1. The Labute approximate surface area is 241 Å². The van der Waals surface area contributed by atoms with Crippen LogP contribution in [-0.2, 0) is 23.9 Å². The van der Waals surface area contributed by atoms with Crippen molar-refractivity contribution < 1.29 is 18.0 Å². The summed E-state index contributed by atoms with van der Waals surface area (Å²) in [6, 6.07) is 22.3. The Morgan fingerprint density at radius 1 is 0.881 bits per heavy atom. The minimum atomic E-state index is -4.37. The molecule has 8 nitrogen and oxygen atoms in total. The number of rotatable bonds is 9. The molecule has 0 fully saturated rings. The lowest BCUT2D eigenvalue weighted by Gasteiger charge is -2.09. The Kier molecular flexibility index (Phi) is 8.21. The first-order valence-electron chi connectivity index (χ1n) is 13.3. The van der Waals surface area contributed by atoms with Gasteiger partial charge < -0.3 is 10.2 Å². The summed E-state index contributed by atoms with van der Waals surface area (Å²) >= 11 is 0. The predicted molar refractivity (Wildman–Crippen MR) is 154 cm³/mol. The maximum absolute atomic E-state index is 12.9. The Morgan fingerprint density at radius 3 is 2.07 bits per heavy atom. The molecule has 5 rings (SSSR count). The molecule has 42 heavy (non-hydrogen) atoms. The van der Waals surface area contributed by atoms with Gasteiger partial charge in [-0.25, -0.2) is 9.36 Å². The van der Waals surface area contributed by atoms with Crippen LogP contribution in [0.4, 0.5) is 13.2 Å². The van der Waals surface area contributed by atoms with Gasteiger partial charge in [-0.15, -0.1) is 5.10 Å². The summed E-state index contributed by atoms with van der Waals surface area (Å²) in [7, 11) is 5.55. The van der Waals surface area contributed by atoms with Crippen molar-refractivity contribution in [3.63, 3.8) is 0 Å². The van der Waals surface area contributed by atoms with Gasteiger partial charge in [-0.2, -0.15) is 18.3 Å². The molecule has 0 unspecified atom stereocenters. The molecule has 1 N–H and O–H groups in total. The van der Waals surface area contributed by atoms with Gasteiger partial charge in [-0.05, 0) is 74.1 Å². The van der Waals surface area contributed by atoms with E-state index in [1.807, 2.05) is 84.5 Å². The molecule has 5 aromatic rings. The van der Waals surface area contributed by atoms with Crippen molar-refractivity contribution in [3.05, 3.63) is 102 Å². The molecule has 2 heterocycles. The third-order valence-electron chi connectivity index (χ3n) is 6.77. The normalized spacial score (nSPS) is 11.7. The standard InChI is InChI=1S/C31H30F3N7O/c1-35-30(42)17-16-28-18-29(23-6-4-21(5-7-23)22-8-10-24(11-9-22)31(32,33)34)37-41(28)27-14-12-26(13-15-27)40-20-25(36-38-40)19-39(2)3/h4-15,18,20H,16-17,19H2,1-3H3,(H,35,42). The average molecular weight is 574 g/mol. The van der Waals surface area contributed by atoms with E-state index in [-0.39, 0.29) is 5.91 Å². The number of nitrogens with zero attached hydrogens (tertiary/aromatic N) is 6. The molecule has 2 aromatic heterocycles. The fraction of sp³-hybridized carbons (Fsp3) is 0.226. The highest BCUT2D eigenvalue weighted by Gasteiger charge is 2.30. The van der Waals surface area contributed by atoms with Gasteiger partial charge in [-0.1, -0.05) is 41.6 Å². The van der Waals surface area contributed by atoms with Crippen LogP contribution in [0.1, 0.15) is 23.4 Å². The molecule has 3 aromatic carbocycles. The largest absolute Gasteiger partial charge is 0.416 e. The summed E-state index contributed by atoms with van der Waals surface area (Å²) in [6.45, 7) is 0.689. The molecule has 0 aliphatic rings. The second-order valence-electron chi connectivity index (χ2n) is 10.2. The number of aryl methyl sites for hydroxylation is 1. The van der Waals surface area contributed by atoms with E-state index >= 15 is 0 Å². The molecule has 0 radical (unpaired) electrons. The monoisotopic (exact) mass is 573 g/mol. The summed E-state index contributed by atoms with van der Waals surface area (Å²) in [5, 5.41) is 16.0. The molecule has 0 saturated heterocycles. The molecule has 1 amide bonds. The third-order valence-corrected chi connectivity index (χ3v) is 6.77. The Balaban J connectivity index is 1.41. The molecule has 0 bridgehead atoms. The topological polar surface area (TPSA) is 80.9 Å². The smallest absolute Gasteiger partial charge is 0.359 e. The van der Waals surface area contributed by atoms with Gasteiger partial charge in [0.15, 0.2) is 0 Å². The van der Waals surface area contributed by atoms with Gasteiger partial charge in [0.1, 0.15) is 0 Å². The summed E-state index contributed by atoms with van der Waals surface area (Å²) in [5.74, 6) is -0.0692. The highest BCUT2D eigenvalue weighted by molar-refractivity contribution is 5.76. The number of hydrogen-bond donors (Lipinski definition) is 1. The number of carbonyl (C=O) groups is 1. The van der Waals surface area contributed by atoms with Crippen molar-refractivity contribution in [2.75, 3.05) is 21.1 Å². The SMILES string of the molecule is CNC(=O)CCc1cc(-c2ccc(-c3ccc(C(F)(F)F)cc3)cc2)nn1-c1ccc(-n2cc(CN(C)C)nn2)cc1. The lowest BCUT2D eigenvalue weighted by atomic mass is 10.0. The van der Waals surface area contributed by atoms with Crippen molar-refractivity contribution in [2.24, 2.45) is 0 Å². The zero-order valence-corrected chi connectivity index (χ0v) is 23.4. The summed E-state index contributed by atoms with van der Waals surface area (Å²) in [5.41, 5.74) is 5.77. The molecule has 0 aliphatic heterocycles. The maximum atomic E-state index is 12.9. The molecule has 0 atom stereocenters.